The molecule has 64 valence electrons. The Kier molecular flexibility index (Phi) is 4.26. The van der Waals surface area contributed by atoms with Crippen LogP contribution in [0, 0.1) is 0 Å². The molecule has 0 aliphatic rings. The monoisotopic (exact) mass is 158 g/mol. The Morgan fingerprint density at radius 2 is 2.09 bits per heavy atom. The first-order chi connectivity index (χ1) is 5.07. The molecule has 0 aromatic rings. The molecule has 0 bridgehead atoms. The van der Waals surface area contributed by atoms with Crippen LogP contribution in [0.2, 0.25) is 0 Å². The lowest BCUT2D eigenvalue weighted by Crippen LogP contribution is -2.17. The standard InChI is InChI=1S/C7H14N2O2/c1-5-11-7(10)6(2)8-9(3)4/h5H2,1-4H3/b8-6-. The number of hydrogen-bond donors (Lipinski definition) is 0. The summed E-state index contributed by atoms with van der Waals surface area (Å²) in [7, 11) is 3.51. The van der Waals surface area contributed by atoms with Gasteiger partial charge in [-0.2, -0.15) is 5.10 Å². The van der Waals surface area contributed by atoms with Crippen molar-refractivity contribution in [1.29, 1.82) is 0 Å². The lowest BCUT2D eigenvalue weighted by atomic mass is 10.4. The molecule has 0 N–H and O–H groups in total. The highest BCUT2D eigenvalue weighted by Crippen LogP contribution is 1.86. The third-order valence-electron chi connectivity index (χ3n) is 0.921. The first-order valence-electron chi connectivity index (χ1n) is 3.47. The van der Waals surface area contributed by atoms with Crippen molar-refractivity contribution in [3.63, 3.8) is 0 Å². The van der Waals surface area contributed by atoms with Gasteiger partial charge in [0.25, 0.3) is 0 Å². The van der Waals surface area contributed by atoms with Gasteiger partial charge in [0, 0.05) is 14.1 Å². The van der Waals surface area contributed by atoms with Crippen LogP contribution in [-0.4, -0.2) is 37.4 Å². The lowest BCUT2D eigenvalue weighted by Gasteiger charge is -2.05. The molecule has 4 nitrogen and oxygen atoms in total. The molecule has 0 aliphatic heterocycles. The molecule has 4 heteroatoms. The normalized spacial score (nSPS) is 11.1. The first kappa shape index (κ1) is 9.94. The second-order valence-corrected chi connectivity index (χ2v) is 2.25. The van der Waals surface area contributed by atoms with Gasteiger partial charge in [-0.05, 0) is 13.8 Å². The summed E-state index contributed by atoms with van der Waals surface area (Å²) in [6.07, 6.45) is 0. The summed E-state index contributed by atoms with van der Waals surface area (Å²) >= 11 is 0. The molecule has 0 aromatic heterocycles. The van der Waals surface area contributed by atoms with Gasteiger partial charge in [0.05, 0.1) is 6.61 Å². The number of rotatable bonds is 3. The zero-order valence-electron chi connectivity index (χ0n) is 7.42. The fourth-order valence-electron chi connectivity index (χ4n) is 0.576. The molecular formula is C7H14N2O2. The largest absolute Gasteiger partial charge is 0.461 e. The Morgan fingerprint density at radius 3 is 2.45 bits per heavy atom. The van der Waals surface area contributed by atoms with Crippen LogP contribution in [0.15, 0.2) is 5.10 Å². The van der Waals surface area contributed by atoms with E-state index < -0.39 is 0 Å². The molecule has 0 atom stereocenters. The van der Waals surface area contributed by atoms with Crippen molar-refractivity contribution in [1.82, 2.24) is 5.01 Å². The molecule has 0 rings (SSSR count). The number of esters is 1. The number of carbonyl (C=O) groups is 1. The van der Waals surface area contributed by atoms with Gasteiger partial charge in [-0.25, -0.2) is 4.79 Å². The number of ether oxygens (including phenoxy) is 1. The summed E-state index contributed by atoms with van der Waals surface area (Å²) in [5.74, 6) is -0.360. The Morgan fingerprint density at radius 1 is 1.55 bits per heavy atom. The lowest BCUT2D eigenvalue weighted by molar-refractivity contribution is -0.135. The van der Waals surface area contributed by atoms with Crippen LogP contribution in [0.4, 0.5) is 0 Å². The van der Waals surface area contributed by atoms with Gasteiger partial charge < -0.3 is 9.75 Å². The summed E-state index contributed by atoms with van der Waals surface area (Å²) in [6, 6.07) is 0. The summed E-state index contributed by atoms with van der Waals surface area (Å²) in [4.78, 5) is 10.9. The van der Waals surface area contributed by atoms with E-state index in [4.69, 9.17) is 4.74 Å². The fraction of sp³-hybridized carbons (Fsp3) is 0.714. The van der Waals surface area contributed by atoms with Gasteiger partial charge in [-0.15, -0.1) is 0 Å². The molecule has 0 aromatic carbocycles. The van der Waals surface area contributed by atoms with Crippen molar-refractivity contribution in [2.24, 2.45) is 5.10 Å². The van der Waals surface area contributed by atoms with Crippen LogP contribution < -0.4 is 0 Å². The molecule has 0 saturated heterocycles. The molecule has 11 heavy (non-hydrogen) atoms. The molecule has 0 fully saturated rings. The SMILES string of the molecule is CCOC(=O)/C(C)=N\N(C)C. The minimum absolute atomic E-state index is 0.360. The maximum absolute atomic E-state index is 10.9. The number of carbonyl (C=O) groups excluding carboxylic acids is 1. The maximum atomic E-state index is 10.9. The second-order valence-electron chi connectivity index (χ2n) is 2.25. The van der Waals surface area contributed by atoms with E-state index in [0.717, 1.165) is 0 Å². The van der Waals surface area contributed by atoms with Crippen LogP contribution in [0.3, 0.4) is 0 Å². The smallest absolute Gasteiger partial charge is 0.354 e. The van der Waals surface area contributed by atoms with E-state index >= 15 is 0 Å². The average molecular weight is 158 g/mol. The number of hydrogen-bond acceptors (Lipinski definition) is 4. The minimum atomic E-state index is -0.360. The van der Waals surface area contributed by atoms with E-state index in [-0.39, 0.29) is 5.97 Å². The van der Waals surface area contributed by atoms with Crippen molar-refractivity contribution in [2.75, 3.05) is 20.7 Å². The average Bonchev–Trinajstić information content (AvgIpc) is 1.86. The molecule has 0 saturated carbocycles. The zero-order chi connectivity index (χ0) is 8.85. The van der Waals surface area contributed by atoms with Crippen LogP contribution >= 0.6 is 0 Å². The van der Waals surface area contributed by atoms with E-state index in [1.807, 2.05) is 0 Å². The van der Waals surface area contributed by atoms with Crippen LogP contribution in [0.1, 0.15) is 13.8 Å². The van der Waals surface area contributed by atoms with E-state index in [1.165, 1.54) is 0 Å². The van der Waals surface area contributed by atoms with Crippen LogP contribution in [0.5, 0.6) is 0 Å². The van der Waals surface area contributed by atoms with Gasteiger partial charge in [0.15, 0.2) is 0 Å². The van der Waals surface area contributed by atoms with Crippen molar-refractivity contribution >= 4 is 11.7 Å². The Labute approximate surface area is 66.8 Å². The summed E-state index contributed by atoms with van der Waals surface area (Å²) in [5, 5.41) is 5.43. The molecule has 0 amide bonds. The predicted octanol–water partition coefficient (Wildman–Crippen LogP) is 0.487. The van der Waals surface area contributed by atoms with Crippen LogP contribution in [0.25, 0.3) is 0 Å². The van der Waals surface area contributed by atoms with Gasteiger partial charge in [0.1, 0.15) is 5.71 Å². The van der Waals surface area contributed by atoms with Crippen LogP contribution in [-0.2, 0) is 9.53 Å². The summed E-state index contributed by atoms with van der Waals surface area (Å²) in [5.41, 5.74) is 0.372. The van der Waals surface area contributed by atoms with Crippen molar-refractivity contribution in [3.05, 3.63) is 0 Å². The van der Waals surface area contributed by atoms with E-state index in [9.17, 15) is 4.79 Å². The quantitative estimate of drug-likeness (QED) is 0.341. The molecule has 0 unspecified atom stereocenters. The molecule has 0 heterocycles. The van der Waals surface area contributed by atoms with E-state index in [0.29, 0.717) is 12.3 Å². The van der Waals surface area contributed by atoms with Gasteiger partial charge in [-0.3, -0.25) is 0 Å². The van der Waals surface area contributed by atoms with Crippen molar-refractivity contribution < 1.29 is 9.53 Å². The first-order valence-corrected chi connectivity index (χ1v) is 3.47. The molecule has 0 aliphatic carbocycles. The van der Waals surface area contributed by atoms with Gasteiger partial charge in [0.2, 0.25) is 0 Å². The second kappa shape index (κ2) is 4.71. The predicted molar refractivity (Wildman–Crippen MR) is 43.4 cm³/mol. The van der Waals surface area contributed by atoms with Crippen molar-refractivity contribution in [3.8, 4) is 0 Å². The van der Waals surface area contributed by atoms with Gasteiger partial charge in [-0.1, -0.05) is 0 Å². The third-order valence-corrected chi connectivity index (χ3v) is 0.921. The number of hydrazone groups is 1. The number of nitrogens with zero attached hydrogens (tertiary/aromatic N) is 2. The van der Waals surface area contributed by atoms with E-state index in [2.05, 4.69) is 5.10 Å². The third kappa shape index (κ3) is 4.36. The van der Waals surface area contributed by atoms with E-state index in [1.54, 1.807) is 33.0 Å². The Bertz CT molecular complexity index is 164. The highest BCUT2D eigenvalue weighted by Gasteiger charge is 2.05. The minimum Gasteiger partial charge on any atom is -0.461 e. The van der Waals surface area contributed by atoms with Gasteiger partial charge >= 0.3 is 5.97 Å². The highest BCUT2D eigenvalue weighted by molar-refractivity contribution is 6.35. The Balaban J connectivity index is 4.01. The summed E-state index contributed by atoms with van der Waals surface area (Å²) in [6.45, 7) is 3.78. The molecular weight excluding hydrogens is 144 g/mol. The fourth-order valence-corrected chi connectivity index (χ4v) is 0.576. The zero-order valence-corrected chi connectivity index (χ0v) is 7.42. The molecule has 0 spiro atoms. The topological polar surface area (TPSA) is 41.9 Å². The Hall–Kier alpha value is -1.06. The summed E-state index contributed by atoms with van der Waals surface area (Å²) < 4.78 is 4.71. The highest BCUT2D eigenvalue weighted by atomic mass is 16.5. The van der Waals surface area contributed by atoms with Crippen molar-refractivity contribution in [2.45, 2.75) is 13.8 Å². The maximum Gasteiger partial charge on any atom is 0.354 e. The molecule has 0 radical (unpaired) electrons.